The van der Waals surface area contributed by atoms with Crippen LogP contribution in [-0.2, 0) is 16.1 Å². The summed E-state index contributed by atoms with van der Waals surface area (Å²) in [4.78, 5) is 39.4. The number of hydrogen-bond acceptors (Lipinski definition) is 4. The number of nitrogens with zero attached hydrogens (tertiary/aromatic N) is 2. The number of ether oxygens (including phenoxy) is 1. The number of rotatable bonds is 7. The van der Waals surface area contributed by atoms with Crippen molar-refractivity contribution in [1.82, 2.24) is 9.88 Å². The van der Waals surface area contributed by atoms with E-state index in [4.69, 9.17) is 16.3 Å². The van der Waals surface area contributed by atoms with Gasteiger partial charge in [-0.15, -0.1) is 0 Å². The fraction of sp³-hybridized carbons (Fsp3) is 0.138. The summed E-state index contributed by atoms with van der Waals surface area (Å²) in [5, 5.41) is 3.62. The van der Waals surface area contributed by atoms with Crippen molar-refractivity contribution in [1.29, 1.82) is 0 Å². The van der Waals surface area contributed by atoms with Crippen LogP contribution in [0.15, 0.2) is 90.6 Å². The minimum absolute atomic E-state index is 0.127. The lowest BCUT2D eigenvalue weighted by Crippen LogP contribution is -2.54. The molecule has 2 heterocycles. The highest BCUT2D eigenvalue weighted by molar-refractivity contribution is 6.39. The van der Waals surface area contributed by atoms with Gasteiger partial charge < -0.3 is 9.30 Å². The van der Waals surface area contributed by atoms with Crippen LogP contribution in [-0.4, -0.2) is 29.0 Å². The number of aromatic nitrogens is 1. The maximum absolute atomic E-state index is 13.3. The van der Waals surface area contributed by atoms with Crippen molar-refractivity contribution in [3.05, 3.63) is 101 Å². The molecule has 0 bridgehead atoms. The Morgan fingerprint density at radius 2 is 1.65 bits per heavy atom. The Morgan fingerprint density at radius 3 is 2.41 bits per heavy atom. The fourth-order valence-corrected chi connectivity index (χ4v) is 4.45. The molecule has 0 radical (unpaired) electrons. The minimum Gasteiger partial charge on any atom is -0.493 e. The molecule has 37 heavy (non-hydrogen) atoms. The van der Waals surface area contributed by atoms with Gasteiger partial charge in [-0.1, -0.05) is 54.9 Å². The lowest BCUT2D eigenvalue weighted by molar-refractivity contribution is -0.122. The van der Waals surface area contributed by atoms with Crippen LogP contribution in [0.1, 0.15) is 12.5 Å². The lowest BCUT2D eigenvalue weighted by atomic mass is 10.1. The van der Waals surface area contributed by atoms with Gasteiger partial charge in [-0.05, 0) is 48.5 Å². The normalized spacial score (nSPS) is 15.8. The average molecular weight is 514 g/mol. The van der Waals surface area contributed by atoms with Crippen molar-refractivity contribution in [2.24, 2.45) is 5.92 Å². The first-order valence-corrected chi connectivity index (χ1v) is 12.2. The number of para-hydroxylation sites is 2. The molecular weight excluding hydrogens is 490 g/mol. The highest BCUT2D eigenvalue weighted by Gasteiger charge is 2.37. The van der Waals surface area contributed by atoms with E-state index in [0.29, 0.717) is 29.4 Å². The molecule has 3 aromatic carbocycles. The Morgan fingerprint density at radius 1 is 0.946 bits per heavy atom. The third-order valence-corrected chi connectivity index (χ3v) is 6.34. The zero-order chi connectivity index (χ0) is 25.9. The van der Waals surface area contributed by atoms with Gasteiger partial charge in [-0.3, -0.25) is 14.9 Å². The number of halogens is 1. The largest absolute Gasteiger partial charge is 0.493 e. The van der Waals surface area contributed by atoms with Crippen molar-refractivity contribution in [2.75, 3.05) is 11.5 Å². The highest BCUT2D eigenvalue weighted by atomic mass is 35.5. The van der Waals surface area contributed by atoms with E-state index in [1.165, 1.54) is 6.08 Å². The summed E-state index contributed by atoms with van der Waals surface area (Å²) in [6.07, 6.45) is 3.46. The van der Waals surface area contributed by atoms with Crippen molar-refractivity contribution in [3.63, 3.8) is 0 Å². The third-order valence-electron chi connectivity index (χ3n) is 6.09. The van der Waals surface area contributed by atoms with Crippen LogP contribution in [0, 0.1) is 5.92 Å². The molecule has 8 heteroatoms. The van der Waals surface area contributed by atoms with E-state index in [1.54, 1.807) is 24.3 Å². The van der Waals surface area contributed by atoms with E-state index >= 15 is 0 Å². The van der Waals surface area contributed by atoms with Crippen molar-refractivity contribution < 1.29 is 19.1 Å². The monoisotopic (exact) mass is 513 g/mol. The molecule has 186 valence electrons. The number of benzene rings is 3. The number of hydrogen-bond donors (Lipinski definition) is 1. The zero-order valence-corrected chi connectivity index (χ0v) is 20.8. The smallest absolute Gasteiger partial charge is 0.335 e. The van der Waals surface area contributed by atoms with E-state index in [0.717, 1.165) is 21.6 Å². The number of carbonyl (C=O) groups is 3. The fourth-order valence-electron chi connectivity index (χ4n) is 4.32. The van der Waals surface area contributed by atoms with Gasteiger partial charge in [0.1, 0.15) is 11.3 Å². The Kier molecular flexibility index (Phi) is 6.79. The second kappa shape index (κ2) is 10.3. The van der Waals surface area contributed by atoms with Crippen molar-refractivity contribution in [2.45, 2.75) is 13.5 Å². The maximum atomic E-state index is 13.3. The highest BCUT2D eigenvalue weighted by Crippen LogP contribution is 2.28. The molecule has 1 aliphatic rings. The molecule has 1 N–H and O–H groups in total. The summed E-state index contributed by atoms with van der Waals surface area (Å²) in [7, 11) is 0. The Bertz CT molecular complexity index is 1510. The molecule has 1 unspecified atom stereocenters. The van der Waals surface area contributed by atoms with Gasteiger partial charge in [-0.2, -0.15) is 0 Å². The Balaban J connectivity index is 1.43. The number of anilines is 1. The van der Waals surface area contributed by atoms with Crippen LogP contribution in [0.5, 0.6) is 5.75 Å². The summed E-state index contributed by atoms with van der Waals surface area (Å²) in [5.41, 5.74) is 1.86. The number of amides is 4. The molecule has 5 rings (SSSR count). The van der Waals surface area contributed by atoms with Crippen LogP contribution < -0.4 is 15.0 Å². The van der Waals surface area contributed by atoms with E-state index < -0.39 is 17.8 Å². The second-order valence-electron chi connectivity index (χ2n) is 8.92. The summed E-state index contributed by atoms with van der Waals surface area (Å²) in [5.74, 6) is -0.424. The summed E-state index contributed by atoms with van der Waals surface area (Å²) < 4.78 is 8.00. The summed E-state index contributed by atoms with van der Waals surface area (Å²) >= 11 is 5.95. The number of barbiturate groups is 1. The summed E-state index contributed by atoms with van der Waals surface area (Å²) in [6.45, 7) is 3.31. The van der Waals surface area contributed by atoms with Gasteiger partial charge in [-0.25, -0.2) is 9.69 Å². The molecule has 0 aliphatic carbocycles. The molecule has 1 atom stereocenters. The molecule has 4 amide bonds. The first-order chi connectivity index (χ1) is 17.9. The van der Waals surface area contributed by atoms with Crippen LogP contribution in [0.2, 0.25) is 5.02 Å². The maximum Gasteiger partial charge on any atom is 0.335 e. The van der Waals surface area contributed by atoms with Gasteiger partial charge in [0.05, 0.1) is 12.3 Å². The number of urea groups is 1. The Labute approximate surface area is 218 Å². The Hall–Kier alpha value is -4.36. The average Bonchev–Trinajstić information content (AvgIpc) is 3.24. The first-order valence-electron chi connectivity index (χ1n) is 11.8. The topological polar surface area (TPSA) is 80.6 Å². The van der Waals surface area contributed by atoms with Gasteiger partial charge >= 0.3 is 6.03 Å². The molecular formula is C29H24ClN3O4. The van der Waals surface area contributed by atoms with Crippen molar-refractivity contribution in [3.8, 4) is 5.75 Å². The van der Waals surface area contributed by atoms with Gasteiger partial charge in [0.15, 0.2) is 0 Å². The molecule has 4 aromatic rings. The number of nitrogens with one attached hydrogen (secondary N) is 1. The van der Waals surface area contributed by atoms with E-state index in [9.17, 15) is 14.4 Å². The second-order valence-corrected chi connectivity index (χ2v) is 9.35. The van der Waals surface area contributed by atoms with Gasteiger partial charge in [0.25, 0.3) is 11.8 Å². The SMILES string of the molecule is CC(COc1ccccc1)Cn1cc(/C=C2/C(=O)NC(=O)N(c3ccc(Cl)cc3)C2=O)c2ccccc21. The molecule has 1 aromatic heterocycles. The summed E-state index contributed by atoms with van der Waals surface area (Å²) in [6, 6.07) is 22.9. The van der Waals surface area contributed by atoms with Gasteiger partial charge in [0.2, 0.25) is 0 Å². The predicted molar refractivity (Wildman–Crippen MR) is 143 cm³/mol. The van der Waals surface area contributed by atoms with Crippen LogP contribution in [0.25, 0.3) is 17.0 Å². The zero-order valence-electron chi connectivity index (χ0n) is 20.1. The minimum atomic E-state index is -0.802. The third kappa shape index (κ3) is 5.13. The van der Waals surface area contributed by atoms with E-state index in [1.807, 2.05) is 60.8 Å². The van der Waals surface area contributed by atoms with Crippen LogP contribution in [0.3, 0.4) is 0 Å². The molecule has 0 saturated carbocycles. The standard InChI is InChI=1S/C29H24ClN3O4/c1-19(18-37-23-7-3-2-4-8-23)16-32-17-20(24-9-5-6-10-26(24)32)15-25-27(34)31-29(36)33(28(25)35)22-13-11-21(30)12-14-22/h2-15,17,19H,16,18H2,1H3,(H,31,34,36)/b25-15-. The van der Waals surface area contributed by atoms with Crippen LogP contribution >= 0.6 is 11.6 Å². The number of carbonyl (C=O) groups excluding carboxylic acids is 3. The lowest BCUT2D eigenvalue weighted by Gasteiger charge is -2.26. The van der Waals surface area contributed by atoms with Crippen LogP contribution in [0.4, 0.5) is 10.5 Å². The van der Waals surface area contributed by atoms with E-state index in [2.05, 4.69) is 16.8 Å². The number of fused-ring (bicyclic) bond motifs is 1. The molecule has 1 aliphatic heterocycles. The van der Waals surface area contributed by atoms with Crippen molar-refractivity contribution >= 4 is 52.1 Å². The molecule has 1 fully saturated rings. The first kappa shape index (κ1) is 24.3. The molecule has 7 nitrogen and oxygen atoms in total. The molecule has 1 saturated heterocycles. The van der Waals surface area contributed by atoms with E-state index in [-0.39, 0.29) is 11.5 Å². The molecule has 0 spiro atoms. The van der Waals surface area contributed by atoms with Gasteiger partial charge in [0, 0.05) is 40.1 Å². The quantitative estimate of drug-likeness (QED) is 0.255. The predicted octanol–water partition coefficient (Wildman–Crippen LogP) is 5.68. The number of imide groups is 2.